The number of rotatable bonds is 4. The van der Waals surface area contributed by atoms with E-state index in [4.69, 9.17) is 19.6 Å². The minimum atomic E-state index is 0.391. The van der Waals surface area contributed by atoms with E-state index in [1.165, 1.54) is 0 Å². The maximum atomic E-state index is 5.72. The highest BCUT2D eigenvalue weighted by Gasteiger charge is 2.09. The summed E-state index contributed by atoms with van der Waals surface area (Å²) < 4.78 is 16.1. The second-order valence-corrected chi connectivity index (χ2v) is 4.44. The monoisotopic (exact) mass is 285 g/mol. The average molecular weight is 285 g/mol. The van der Waals surface area contributed by atoms with Gasteiger partial charge in [-0.3, -0.25) is 0 Å². The summed E-state index contributed by atoms with van der Waals surface area (Å²) in [6.07, 6.45) is 0. The molecule has 0 spiro atoms. The second-order valence-electron chi connectivity index (χ2n) is 4.44. The van der Waals surface area contributed by atoms with Crippen LogP contribution < -0.4 is 20.5 Å². The summed E-state index contributed by atoms with van der Waals surface area (Å²) in [5, 5.41) is 3.08. The van der Waals surface area contributed by atoms with Crippen molar-refractivity contribution in [1.29, 1.82) is 0 Å². The van der Waals surface area contributed by atoms with Gasteiger partial charge < -0.3 is 24.9 Å². The zero-order valence-corrected chi connectivity index (χ0v) is 11.7. The van der Waals surface area contributed by atoms with Crippen LogP contribution in [0.15, 0.2) is 40.8 Å². The van der Waals surface area contributed by atoms with Gasteiger partial charge in [-0.25, -0.2) is 0 Å². The highest BCUT2D eigenvalue weighted by Crippen LogP contribution is 2.31. The van der Waals surface area contributed by atoms with E-state index in [1.54, 1.807) is 26.4 Å². The zero-order valence-electron chi connectivity index (χ0n) is 11.7. The number of hydrogen-bond donors (Lipinski definition) is 2. The molecule has 21 heavy (non-hydrogen) atoms. The Kier molecular flexibility index (Phi) is 3.27. The molecule has 0 aliphatic carbocycles. The largest absolute Gasteiger partial charge is 0.493 e. The Bertz CT molecular complexity index is 783. The van der Waals surface area contributed by atoms with E-state index >= 15 is 0 Å². The Morgan fingerprint density at radius 1 is 1.05 bits per heavy atom. The molecule has 0 aliphatic heterocycles. The first-order valence-electron chi connectivity index (χ1n) is 6.34. The van der Waals surface area contributed by atoms with E-state index in [9.17, 15) is 0 Å². The van der Waals surface area contributed by atoms with Crippen LogP contribution in [0, 0.1) is 0 Å². The van der Waals surface area contributed by atoms with Crippen molar-refractivity contribution in [2.75, 3.05) is 25.3 Å². The molecule has 0 saturated carbocycles. The number of nitrogens with one attached hydrogen (secondary N) is 1. The number of nitrogens with zero attached hydrogens (tertiary/aromatic N) is 1. The van der Waals surface area contributed by atoms with Gasteiger partial charge in [0.15, 0.2) is 17.1 Å². The maximum Gasteiger partial charge on any atom is 0.300 e. The fourth-order valence-corrected chi connectivity index (χ4v) is 2.03. The number of oxazole rings is 1. The topological polar surface area (TPSA) is 82.5 Å². The Balaban J connectivity index is 1.91. The van der Waals surface area contributed by atoms with Gasteiger partial charge in [-0.2, -0.15) is 4.98 Å². The van der Waals surface area contributed by atoms with Gasteiger partial charge in [-0.1, -0.05) is 0 Å². The fourth-order valence-electron chi connectivity index (χ4n) is 2.03. The van der Waals surface area contributed by atoms with E-state index in [2.05, 4.69) is 10.3 Å². The molecule has 0 atom stereocenters. The van der Waals surface area contributed by atoms with E-state index in [0.717, 1.165) is 11.2 Å². The first kappa shape index (κ1) is 13.1. The summed E-state index contributed by atoms with van der Waals surface area (Å²) in [4.78, 5) is 4.34. The normalized spacial score (nSPS) is 10.6. The molecule has 1 aromatic heterocycles. The van der Waals surface area contributed by atoms with Crippen molar-refractivity contribution >= 4 is 28.5 Å². The van der Waals surface area contributed by atoms with Crippen molar-refractivity contribution in [3.05, 3.63) is 36.4 Å². The minimum absolute atomic E-state index is 0.391. The molecule has 0 saturated heterocycles. The summed E-state index contributed by atoms with van der Waals surface area (Å²) in [7, 11) is 3.18. The van der Waals surface area contributed by atoms with Crippen molar-refractivity contribution in [2.45, 2.75) is 0 Å². The zero-order chi connectivity index (χ0) is 14.8. The molecule has 0 radical (unpaired) electrons. The summed E-state index contributed by atoms with van der Waals surface area (Å²) in [5.41, 5.74) is 8.52. The first-order valence-corrected chi connectivity index (χ1v) is 6.34. The van der Waals surface area contributed by atoms with Gasteiger partial charge in [-0.15, -0.1) is 0 Å². The highest BCUT2D eigenvalue weighted by atomic mass is 16.5. The third kappa shape index (κ3) is 2.55. The number of anilines is 3. The molecule has 3 rings (SSSR count). The summed E-state index contributed by atoms with van der Waals surface area (Å²) >= 11 is 0. The molecular weight excluding hydrogens is 270 g/mol. The molecule has 3 N–H and O–H groups in total. The number of fused-ring (bicyclic) bond motifs is 1. The van der Waals surface area contributed by atoms with Gasteiger partial charge >= 0.3 is 0 Å². The van der Waals surface area contributed by atoms with Crippen molar-refractivity contribution in [1.82, 2.24) is 4.98 Å². The predicted molar refractivity (Wildman–Crippen MR) is 81.3 cm³/mol. The molecule has 6 heteroatoms. The minimum Gasteiger partial charge on any atom is -0.493 e. The fraction of sp³-hybridized carbons (Fsp3) is 0.133. The van der Waals surface area contributed by atoms with E-state index in [1.807, 2.05) is 24.3 Å². The number of hydrogen-bond acceptors (Lipinski definition) is 6. The SMILES string of the molecule is COc1ccc(Nc2nc3ccc(N)cc3o2)cc1OC. The Labute approximate surface area is 121 Å². The van der Waals surface area contributed by atoms with Gasteiger partial charge in [0.2, 0.25) is 0 Å². The molecule has 108 valence electrons. The molecule has 6 nitrogen and oxygen atoms in total. The maximum absolute atomic E-state index is 5.72. The molecule has 0 aliphatic rings. The van der Waals surface area contributed by atoms with E-state index in [0.29, 0.717) is 28.8 Å². The number of benzene rings is 2. The van der Waals surface area contributed by atoms with E-state index < -0.39 is 0 Å². The number of methoxy groups -OCH3 is 2. The van der Waals surface area contributed by atoms with Crippen LogP contribution in [0.25, 0.3) is 11.1 Å². The van der Waals surface area contributed by atoms with Gasteiger partial charge in [0.05, 0.1) is 14.2 Å². The summed E-state index contributed by atoms with van der Waals surface area (Å²) in [6, 6.07) is 11.2. The van der Waals surface area contributed by atoms with Crippen LogP contribution in [-0.2, 0) is 0 Å². The third-order valence-corrected chi connectivity index (χ3v) is 3.05. The Morgan fingerprint density at radius 2 is 1.86 bits per heavy atom. The third-order valence-electron chi connectivity index (χ3n) is 3.05. The van der Waals surface area contributed by atoms with E-state index in [-0.39, 0.29) is 0 Å². The lowest BCUT2D eigenvalue weighted by atomic mass is 10.3. The number of aromatic nitrogens is 1. The Hall–Kier alpha value is -2.89. The van der Waals surface area contributed by atoms with Crippen molar-refractivity contribution in [2.24, 2.45) is 0 Å². The van der Waals surface area contributed by atoms with Gasteiger partial charge in [0.1, 0.15) is 5.52 Å². The number of ether oxygens (including phenoxy) is 2. The number of nitrogens with two attached hydrogens (primary N) is 1. The Morgan fingerprint density at radius 3 is 2.62 bits per heavy atom. The highest BCUT2D eigenvalue weighted by molar-refractivity contribution is 5.78. The summed E-state index contributed by atoms with van der Waals surface area (Å²) in [5.74, 6) is 1.29. The van der Waals surface area contributed by atoms with Crippen LogP contribution in [0.3, 0.4) is 0 Å². The molecule has 0 amide bonds. The molecular formula is C15H15N3O3. The average Bonchev–Trinajstić information content (AvgIpc) is 2.88. The van der Waals surface area contributed by atoms with Crippen LogP contribution in [0.5, 0.6) is 11.5 Å². The number of nitrogen functional groups attached to an aromatic ring is 1. The lowest BCUT2D eigenvalue weighted by Gasteiger charge is -2.09. The summed E-state index contributed by atoms with van der Waals surface area (Å²) in [6.45, 7) is 0. The van der Waals surface area contributed by atoms with Crippen LogP contribution in [0.4, 0.5) is 17.4 Å². The first-order chi connectivity index (χ1) is 10.2. The van der Waals surface area contributed by atoms with Crippen LogP contribution in [-0.4, -0.2) is 19.2 Å². The molecule has 2 aromatic carbocycles. The second kappa shape index (κ2) is 5.24. The van der Waals surface area contributed by atoms with Crippen molar-refractivity contribution < 1.29 is 13.9 Å². The molecule has 3 aromatic rings. The standard InChI is InChI=1S/C15H15N3O3/c1-19-12-6-4-10(8-14(12)20-2)17-15-18-11-5-3-9(16)7-13(11)21-15/h3-8H,16H2,1-2H3,(H,17,18). The predicted octanol–water partition coefficient (Wildman–Crippen LogP) is 3.17. The van der Waals surface area contributed by atoms with Crippen LogP contribution >= 0.6 is 0 Å². The quantitative estimate of drug-likeness (QED) is 0.716. The smallest absolute Gasteiger partial charge is 0.300 e. The lowest BCUT2D eigenvalue weighted by Crippen LogP contribution is -1.94. The van der Waals surface area contributed by atoms with Crippen molar-refractivity contribution in [3.8, 4) is 11.5 Å². The lowest BCUT2D eigenvalue weighted by molar-refractivity contribution is 0.355. The van der Waals surface area contributed by atoms with Gasteiger partial charge in [0, 0.05) is 23.5 Å². The van der Waals surface area contributed by atoms with Gasteiger partial charge in [0.25, 0.3) is 6.01 Å². The van der Waals surface area contributed by atoms with Crippen LogP contribution in [0.1, 0.15) is 0 Å². The van der Waals surface area contributed by atoms with Crippen molar-refractivity contribution in [3.63, 3.8) is 0 Å². The molecule has 0 bridgehead atoms. The van der Waals surface area contributed by atoms with Crippen LogP contribution in [0.2, 0.25) is 0 Å². The molecule has 1 heterocycles. The molecule has 0 unspecified atom stereocenters. The van der Waals surface area contributed by atoms with Gasteiger partial charge in [-0.05, 0) is 24.3 Å². The molecule has 0 fully saturated rings.